The molecule has 0 radical (unpaired) electrons. The summed E-state index contributed by atoms with van der Waals surface area (Å²) in [4.78, 5) is 34.1. The third kappa shape index (κ3) is 5.03. The second-order valence-electron chi connectivity index (χ2n) is 9.09. The molecule has 2 heterocycles. The molecule has 1 aromatic heterocycles. The molecule has 7 nitrogen and oxygen atoms in total. The Morgan fingerprint density at radius 2 is 1.77 bits per heavy atom. The van der Waals surface area contributed by atoms with Gasteiger partial charge in [0.05, 0.1) is 35.9 Å². The number of carbonyl (C=O) groups is 2. The maximum atomic E-state index is 14.1. The van der Waals surface area contributed by atoms with Crippen LogP contribution in [-0.2, 0) is 4.79 Å². The highest BCUT2D eigenvalue weighted by Gasteiger charge is 2.45. The Kier molecular flexibility index (Phi) is 7.47. The zero-order valence-electron chi connectivity index (χ0n) is 21.9. The van der Waals surface area contributed by atoms with E-state index in [9.17, 15) is 14.7 Å². The molecule has 39 heavy (non-hydrogen) atoms. The number of Topliss-reactive ketones (excluding diaryl/α,β-unsaturated/α-hetero) is 1. The number of anilines is 1. The van der Waals surface area contributed by atoms with Gasteiger partial charge >= 0.3 is 0 Å². The molecule has 0 bridgehead atoms. The largest absolute Gasteiger partial charge is 0.503 e. The summed E-state index contributed by atoms with van der Waals surface area (Å²) in [5.41, 5.74) is 2.55. The van der Waals surface area contributed by atoms with Gasteiger partial charge in [-0.2, -0.15) is 0 Å². The fourth-order valence-electron chi connectivity index (χ4n) is 4.61. The third-order valence-electron chi connectivity index (χ3n) is 6.45. The highest BCUT2D eigenvalue weighted by atomic mass is 32.1. The van der Waals surface area contributed by atoms with Crippen molar-refractivity contribution in [3.05, 3.63) is 106 Å². The summed E-state index contributed by atoms with van der Waals surface area (Å²) < 4.78 is 11.2. The predicted molar refractivity (Wildman–Crippen MR) is 152 cm³/mol. The summed E-state index contributed by atoms with van der Waals surface area (Å²) in [6.45, 7) is 4.30. The van der Waals surface area contributed by atoms with Gasteiger partial charge in [-0.25, -0.2) is 4.98 Å². The lowest BCUT2D eigenvalue weighted by Crippen LogP contribution is -2.31. The number of hydrogen-bond donors (Lipinski definition) is 1. The highest BCUT2D eigenvalue weighted by molar-refractivity contribution is 7.17. The Morgan fingerprint density at radius 3 is 2.51 bits per heavy atom. The number of ether oxygens (including phenoxy) is 2. The minimum absolute atomic E-state index is 0.000468. The van der Waals surface area contributed by atoms with Crippen molar-refractivity contribution in [2.45, 2.75) is 26.3 Å². The highest BCUT2D eigenvalue weighted by Crippen LogP contribution is 2.44. The van der Waals surface area contributed by atoms with Crippen molar-refractivity contribution in [3.63, 3.8) is 0 Å². The number of nitrogens with zero attached hydrogens (tertiary/aromatic N) is 2. The van der Waals surface area contributed by atoms with Gasteiger partial charge in [0.1, 0.15) is 16.5 Å². The molecule has 0 fully saturated rings. The summed E-state index contributed by atoms with van der Waals surface area (Å²) >= 11 is 1.24. The molecule has 1 amide bonds. The lowest BCUT2D eigenvalue weighted by Gasteiger charge is -2.27. The second-order valence-corrected chi connectivity index (χ2v) is 10.1. The molecular formula is C31H28N2O5S. The van der Waals surface area contributed by atoms with Crippen molar-refractivity contribution < 1.29 is 24.2 Å². The number of amides is 1. The van der Waals surface area contributed by atoms with E-state index in [2.05, 4.69) is 4.98 Å². The Hall–Kier alpha value is -4.43. The summed E-state index contributed by atoms with van der Waals surface area (Å²) in [7, 11) is 1.55. The number of ketones is 1. The molecule has 1 aliphatic rings. The van der Waals surface area contributed by atoms with Crippen LogP contribution < -0.4 is 14.4 Å². The van der Waals surface area contributed by atoms with E-state index in [0.717, 1.165) is 12.0 Å². The third-order valence-corrected chi connectivity index (χ3v) is 7.66. The first-order chi connectivity index (χ1) is 18.9. The van der Waals surface area contributed by atoms with Crippen molar-refractivity contribution in [2.24, 2.45) is 0 Å². The van der Waals surface area contributed by atoms with Crippen LogP contribution >= 0.6 is 11.3 Å². The number of aliphatic hydroxyl groups is 1. The van der Waals surface area contributed by atoms with E-state index in [-0.39, 0.29) is 5.57 Å². The lowest BCUT2D eigenvalue weighted by atomic mass is 9.94. The Morgan fingerprint density at radius 1 is 1.03 bits per heavy atom. The van der Waals surface area contributed by atoms with E-state index < -0.39 is 23.5 Å². The number of methoxy groups -OCH3 is 1. The van der Waals surface area contributed by atoms with Gasteiger partial charge < -0.3 is 14.6 Å². The number of benzene rings is 3. The zero-order chi connectivity index (χ0) is 27.5. The van der Waals surface area contributed by atoms with E-state index >= 15 is 0 Å². The van der Waals surface area contributed by atoms with E-state index in [1.54, 1.807) is 50.4 Å². The minimum atomic E-state index is -0.886. The van der Waals surface area contributed by atoms with Gasteiger partial charge in [-0.05, 0) is 43.2 Å². The monoisotopic (exact) mass is 540 g/mol. The summed E-state index contributed by atoms with van der Waals surface area (Å²) in [5, 5.41) is 11.9. The first-order valence-electron chi connectivity index (χ1n) is 12.6. The molecule has 3 aromatic carbocycles. The average Bonchev–Trinajstić information content (AvgIpc) is 3.49. The van der Waals surface area contributed by atoms with Gasteiger partial charge in [0.15, 0.2) is 5.76 Å². The first-order valence-corrected chi connectivity index (χ1v) is 13.5. The van der Waals surface area contributed by atoms with Gasteiger partial charge in [0.25, 0.3) is 5.91 Å². The first kappa shape index (κ1) is 26.2. The van der Waals surface area contributed by atoms with Crippen LogP contribution in [0.25, 0.3) is 10.6 Å². The van der Waals surface area contributed by atoms with Crippen molar-refractivity contribution in [1.82, 2.24) is 4.98 Å². The van der Waals surface area contributed by atoms with Gasteiger partial charge in [-0.1, -0.05) is 55.5 Å². The summed E-state index contributed by atoms with van der Waals surface area (Å²) in [5.74, 6) is -0.521. The van der Waals surface area contributed by atoms with Crippen molar-refractivity contribution >= 4 is 28.7 Å². The molecule has 0 saturated carbocycles. The summed E-state index contributed by atoms with van der Waals surface area (Å²) in [6, 6.07) is 23.0. The SMILES string of the molecule is CCCOc1cccc(N2C(=O)C(O)=C(C(=O)c3sc(-c4ccccc4)nc3C)C2c2cccc(OC)c2)c1. The molecule has 0 spiro atoms. The number of rotatable bonds is 9. The van der Waals surface area contributed by atoms with Crippen molar-refractivity contribution in [2.75, 3.05) is 18.6 Å². The number of thiazole rings is 1. The predicted octanol–water partition coefficient (Wildman–Crippen LogP) is 6.70. The van der Waals surface area contributed by atoms with E-state index in [4.69, 9.17) is 9.47 Å². The molecule has 0 aliphatic carbocycles. The zero-order valence-corrected chi connectivity index (χ0v) is 22.7. The average molecular weight is 541 g/mol. The lowest BCUT2D eigenvalue weighted by molar-refractivity contribution is -0.117. The molecule has 0 saturated heterocycles. The molecule has 1 unspecified atom stereocenters. The van der Waals surface area contributed by atoms with Crippen LogP contribution in [0.15, 0.2) is 90.2 Å². The smallest absolute Gasteiger partial charge is 0.294 e. The van der Waals surface area contributed by atoms with Crippen LogP contribution in [0.5, 0.6) is 11.5 Å². The Labute approximate surface area is 231 Å². The van der Waals surface area contributed by atoms with Gasteiger partial charge in [-0.15, -0.1) is 11.3 Å². The minimum Gasteiger partial charge on any atom is -0.503 e. The molecule has 4 aromatic rings. The van der Waals surface area contributed by atoms with Crippen LogP contribution in [0.4, 0.5) is 5.69 Å². The molecular weight excluding hydrogens is 512 g/mol. The van der Waals surface area contributed by atoms with Crippen molar-refractivity contribution in [3.8, 4) is 22.1 Å². The fraction of sp³-hybridized carbons (Fsp3) is 0.194. The van der Waals surface area contributed by atoms with Gasteiger partial charge in [-0.3, -0.25) is 14.5 Å². The quantitative estimate of drug-likeness (QED) is 0.238. The van der Waals surface area contributed by atoms with E-state index in [1.165, 1.54) is 16.2 Å². The Balaban J connectivity index is 1.62. The van der Waals surface area contributed by atoms with Gasteiger partial charge in [0.2, 0.25) is 5.78 Å². The molecule has 198 valence electrons. The standard InChI is InChI=1S/C31H28N2O5S/c1-4-16-38-24-15-9-13-22(18-24)33-26(21-12-8-14-23(17-21)37-3)25(28(35)31(33)36)27(34)29-19(2)32-30(39-29)20-10-6-5-7-11-20/h5-15,17-18,26,35H,4,16H2,1-3H3. The molecule has 1 aliphatic heterocycles. The number of hydrogen-bond acceptors (Lipinski definition) is 7. The maximum Gasteiger partial charge on any atom is 0.294 e. The van der Waals surface area contributed by atoms with Crippen LogP contribution in [0, 0.1) is 6.92 Å². The molecule has 1 N–H and O–H groups in total. The van der Waals surface area contributed by atoms with Crippen LogP contribution in [0.1, 0.15) is 40.3 Å². The van der Waals surface area contributed by atoms with Crippen LogP contribution in [0.3, 0.4) is 0 Å². The number of aliphatic hydroxyl groups excluding tert-OH is 1. The van der Waals surface area contributed by atoms with Crippen molar-refractivity contribution in [1.29, 1.82) is 0 Å². The van der Waals surface area contributed by atoms with E-state index in [0.29, 0.717) is 44.9 Å². The fourth-order valence-corrected chi connectivity index (χ4v) is 5.63. The number of aromatic nitrogens is 1. The molecule has 5 rings (SSSR count). The second kappa shape index (κ2) is 11.1. The Bertz CT molecular complexity index is 1560. The molecule has 8 heteroatoms. The topological polar surface area (TPSA) is 89.0 Å². The van der Waals surface area contributed by atoms with Crippen LogP contribution in [0.2, 0.25) is 0 Å². The van der Waals surface area contributed by atoms with Gasteiger partial charge in [0, 0.05) is 17.3 Å². The van der Waals surface area contributed by atoms with Crippen LogP contribution in [-0.4, -0.2) is 35.5 Å². The summed E-state index contributed by atoms with van der Waals surface area (Å²) in [6.07, 6.45) is 0.833. The normalized spacial score (nSPS) is 15.1. The molecule has 1 atom stereocenters. The van der Waals surface area contributed by atoms with E-state index in [1.807, 2.05) is 49.4 Å². The maximum absolute atomic E-state index is 14.1. The number of carbonyl (C=O) groups excluding carboxylic acids is 2. The number of aryl methyl sites for hydroxylation is 1.